The molecule has 0 saturated carbocycles. The standard InChI is InChI=1S/C11H5BrF2O2S/c12-8-4-9(17-10(8)11(15)16)5-1-6(13)3-7(14)2-5/h1-4H,(H,15,16). The minimum absolute atomic E-state index is 0.102. The van der Waals surface area contributed by atoms with Crippen molar-refractivity contribution in [3.8, 4) is 10.4 Å². The molecule has 1 aromatic carbocycles. The zero-order valence-electron chi connectivity index (χ0n) is 8.21. The Morgan fingerprint density at radius 2 is 1.76 bits per heavy atom. The van der Waals surface area contributed by atoms with Crippen LogP contribution in [0.1, 0.15) is 9.67 Å². The fourth-order valence-electron chi connectivity index (χ4n) is 1.35. The van der Waals surface area contributed by atoms with Crippen LogP contribution in [-0.4, -0.2) is 11.1 Å². The zero-order valence-corrected chi connectivity index (χ0v) is 10.6. The average Bonchev–Trinajstić information content (AvgIpc) is 2.59. The molecule has 0 radical (unpaired) electrons. The third-order valence-corrected chi connectivity index (χ3v) is 4.09. The van der Waals surface area contributed by atoms with Crippen LogP contribution in [0.4, 0.5) is 8.78 Å². The highest BCUT2D eigenvalue weighted by Gasteiger charge is 2.15. The van der Waals surface area contributed by atoms with Gasteiger partial charge in [0, 0.05) is 15.4 Å². The van der Waals surface area contributed by atoms with Gasteiger partial charge in [-0.3, -0.25) is 0 Å². The van der Waals surface area contributed by atoms with Gasteiger partial charge in [-0.15, -0.1) is 11.3 Å². The molecule has 0 aliphatic heterocycles. The Labute approximate surface area is 108 Å². The van der Waals surface area contributed by atoms with Crippen molar-refractivity contribution >= 4 is 33.2 Å². The molecule has 1 aromatic heterocycles. The number of hydrogen-bond donors (Lipinski definition) is 1. The lowest BCUT2D eigenvalue weighted by Gasteiger charge is -1.97. The van der Waals surface area contributed by atoms with Crippen LogP contribution in [0.15, 0.2) is 28.7 Å². The Hall–Kier alpha value is -1.27. The summed E-state index contributed by atoms with van der Waals surface area (Å²) in [6.45, 7) is 0. The number of benzene rings is 1. The predicted molar refractivity (Wildman–Crippen MR) is 64.3 cm³/mol. The minimum Gasteiger partial charge on any atom is -0.477 e. The van der Waals surface area contributed by atoms with E-state index >= 15 is 0 Å². The van der Waals surface area contributed by atoms with E-state index in [4.69, 9.17) is 5.11 Å². The smallest absolute Gasteiger partial charge is 0.347 e. The number of carboxylic acids is 1. The molecular weight excluding hydrogens is 314 g/mol. The second-order valence-electron chi connectivity index (χ2n) is 3.25. The van der Waals surface area contributed by atoms with Crippen LogP contribution in [0, 0.1) is 11.6 Å². The lowest BCUT2D eigenvalue weighted by atomic mass is 10.2. The first-order valence-corrected chi connectivity index (χ1v) is 6.07. The van der Waals surface area contributed by atoms with Crippen LogP contribution in [-0.2, 0) is 0 Å². The van der Waals surface area contributed by atoms with Crippen LogP contribution < -0.4 is 0 Å². The molecule has 0 spiro atoms. The second-order valence-corrected chi connectivity index (χ2v) is 5.16. The molecule has 2 rings (SSSR count). The van der Waals surface area contributed by atoms with E-state index < -0.39 is 17.6 Å². The van der Waals surface area contributed by atoms with Crippen LogP contribution in [0.2, 0.25) is 0 Å². The molecule has 2 nitrogen and oxygen atoms in total. The molecule has 0 aliphatic carbocycles. The van der Waals surface area contributed by atoms with Crippen LogP contribution in [0.25, 0.3) is 10.4 Å². The molecule has 2 aromatic rings. The van der Waals surface area contributed by atoms with E-state index in [9.17, 15) is 13.6 Å². The number of carbonyl (C=O) groups is 1. The molecule has 17 heavy (non-hydrogen) atoms. The quantitative estimate of drug-likeness (QED) is 0.903. The first kappa shape index (κ1) is 12.2. The number of halogens is 3. The highest BCUT2D eigenvalue weighted by molar-refractivity contribution is 9.10. The van der Waals surface area contributed by atoms with Gasteiger partial charge in [-0.05, 0) is 39.7 Å². The van der Waals surface area contributed by atoms with Gasteiger partial charge in [0.25, 0.3) is 0 Å². The molecular formula is C11H5BrF2O2S. The summed E-state index contributed by atoms with van der Waals surface area (Å²) in [6.07, 6.45) is 0. The van der Waals surface area contributed by atoms with Crippen molar-refractivity contribution in [2.45, 2.75) is 0 Å². The van der Waals surface area contributed by atoms with Gasteiger partial charge in [-0.1, -0.05) is 0 Å². The Bertz CT molecular complexity index is 575. The molecule has 0 fully saturated rings. The summed E-state index contributed by atoms with van der Waals surface area (Å²) in [5.41, 5.74) is 0.320. The number of rotatable bonds is 2. The van der Waals surface area contributed by atoms with Crippen LogP contribution >= 0.6 is 27.3 Å². The van der Waals surface area contributed by atoms with Gasteiger partial charge in [0.15, 0.2) is 0 Å². The maximum Gasteiger partial charge on any atom is 0.347 e. The maximum absolute atomic E-state index is 13.0. The SMILES string of the molecule is O=C(O)c1sc(-c2cc(F)cc(F)c2)cc1Br. The normalized spacial score (nSPS) is 10.5. The summed E-state index contributed by atoms with van der Waals surface area (Å²) < 4.78 is 26.4. The van der Waals surface area contributed by atoms with Gasteiger partial charge in [-0.25, -0.2) is 13.6 Å². The topological polar surface area (TPSA) is 37.3 Å². The molecule has 88 valence electrons. The van der Waals surface area contributed by atoms with Crippen molar-refractivity contribution in [1.82, 2.24) is 0 Å². The first-order chi connectivity index (χ1) is 7.97. The van der Waals surface area contributed by atoms with Gasteiger partial charge in [-0.2, -0.15) is 0 Å². The number of aromatic carboxylic acids is 1. The fraction of sp³-hybridized carbons (Fsp3) is 0. The summed E-state index contributed by atoms with van der Waals surface area (Å²) in [7, 11) is 0. The maximum atomic E-state index is 13.0. The van der Waals surface area contributed by atoms with E-state index in [1.807, 2.05) is 0 Å². The van der Waals surface area contributed by atoms with Crippen molar-refractivity contribution < 1.29 is 18.7 Å². The molecule has 0 amide bonds. The van der Waals surface area contributed by atoms with E-state index in [2.05, 4.69) is 15.9 Å². The summed E-state index contributed by atoms with van der Waals surface area (Å²) >= 11 is 4.05. The van der Waals surface area contributed by atoms with E-state index in [0.717, 1.165) is 29.5 Å². The molecule has 1 heterocycles. The molecule has 0 saturated heterocycles. The summed E-state index contributed by atoms with van der Waals surface area (Å²) in [4.78, 5) is 11.4. The molecule has 1 N–H and O–H groups in total. The Kier molecular flexibility index (Phi) is 3.26. The molecule has 0 atom stereocenters. The monoisotopic (exact) mass is 318 g/mol. The number of thiophene rings is 1. The number of hydrogen-bond acceptors (Lipinski definition) is 2. The van der Waals surface area contributed by atoms with Crippen LogP contribution in [0.3, 0.4) is 0 Å². The highest BCUT2D eigenvalue weighted by atomic mass is 79.9. The fourth-order valence-corrected chi connectivity index (χ4v) is 3.02. The van der Waals surface area contributed by atoms with E-state index in [1.54, 1.807) is 0 Å². The molecule has 0 bridgehead atoms. The van der Waals surface area contributed by atoms with Gasteiger partial charge in [0.1, 0.15) is 16.5 Å². The first-order valence-electron chi connectivity index (χ1n) is 4.46. The molecule has 0 unspecified atom stereocenters. The van der Waals surface area contributed by atoms with Crippen molar-refractivity contribution in [2.24, 2.45) is 0 Å². The van der Waals surface area contributed by atoms with Gasteiger partial charge >= 0.3 is 5.97 Å². The Morgan fingerprint density at radius 1 is 1.18 bits per heavy atom. The zero-order chi connectivity index (χ0) is 12.6. The van der Waals surface area contributed by atoms with Crippen molar-refractivity contribution in [1.29, 1.82) is 0 Å². The summed E-state index contributed by atoms with van der Waals surface area (Å²) in [5.74, 6) is -2.47. The van der Waals surface area contributed by atoms with Crippen LogP contribution in [0.5, 0.6) is 0 Å². The van der Waals surface area contributed by atoms with Gasteiger partial charge < -0.3 is 5.11 Å². The highest BCUT2D eigenvalue weighted by Crippen LogP contribution is 2.35. The lowest BCUT2D eigenvalue weighted by Crippen LogP contribution is -1.91. The van der Waals surface area contributed by atoms with Crippen molar-refractivity contribution in [2.75, 3.05) is 0 Å². The average molecular weight is 319 g/mol. The van der Waals surface area contributed by atoms with Crippen molar-refractivity contribution in [3.05, 3.63) is 45.2 Å². The largest absolute Gasteiger partial charge is 0.477 e. The Balaban J connectivity index is 2.53. The molecule has 6 heteroatoms. The summed E-state index contributed by atoms with van der Waals surface area (Å²) in [6, 6.07) is 4.62. The minimum atomic E-state index is -1.08. The second kappa shape index (κ2) is 4.54. The molecule has 0 aliphatic rings. The number of carboxylic acid groups (broad SMARTS) is 1. The van der Waals surface area contributed by atoms with Gasteiger partial charge in [0.05, 0.1) is 0 Å². The van der Waals surface area contributed by atoms with E-state index in [-0.39, 0.29) is 4.88 Å². The van der Waals surface area contributed by atoms with E-state index in [1.165, 1.54) is 6.07 Å². The summed E-state index contributed by atoms with van der Waals surface area (Å²) in [5, 5.41) is 8.87. The Morgan fingerprint density at radius 3 is 2.24 bits per heavy atom. The van der Waals surface area contributed by atoms with Gasteiger partial charge in [0.2, 0.25) is 0 Å². The van der Waals surface area contributed by atoms with Crippen molar-refractivity contribution in [3.63, 3.8) is 0 Å². The van der Waals surface area contributed by atoms with E-state index in [0.29, 0.717) is 14.9 Å². The lowest BCUT2D eigenvalue weighted by molar-refractivity contribution is 0.0701. The third kappa shape index (κ3) is 2.53. The third-order valence-electron chi connectivity index (χ3n) is 2.03. The predicted octanol–water partition coefficient (Wildman–Crippen LogP) is 4.15.